The van der Waals surface area contributed by atoms with Gasteiger partial charge in [0.15, 0.2) is 0 Å². The minimum Gasteiger partial charge on any atom is -0.408 e. The predicted molar refractivity (Wildman–Crippen MR) is 76.4 cm³/mol. The minimum absolute atomic E-state index is 0.106. The fraction of sp³-hybridized carbons (Fsp3) is 0.308. The normalized spacial score (nSPS) is 14.1. The Labute approximate surface area is 124 Å². The van der Waals surface area contributed by atoms with Crippen molar-refractivity contribution in [2.75, 3.05) is 16.8 Å². The molecule has 110 valence electrons. The standard InChI is InChI=1S/C13H13FN4O2S/c14-8-3-4-10(9(15)5-8)21-6-11(19)16-13-18-17-12(20-13)7-1-2-7/h3-5,7H,1-2,6,15H2,(H,16,18,19). The second-order valence-corrected chi connectivity index (χ2v) is 5.76. The van der Waals surface area contributed by atoms with Gasteiger partial charge in [0, 0.05) is 16.5 Å². The van der Waals surface area contributed by atoms with Gasteiger partial charge in [-0.25, -0.2) is 4.39 Å². The highest BCUT2D eigenvalue weighted by Crippen LogP contribution is 2.39. The molecule has 0 atom stereocenters. The second kappa shape index (κ2) is 5.72. The molecule has 3 rings (SSSR count). The van der Waals surface area contributed by atoms with Crippen LogP contribution in [0.1, 0.15) is 24.7 Å². The summed E-state index contributed by atoms with van der Waals surface area (Å²) < 4.78 is 18.2. The molecule has 0 saturated heterocycles. The van der Waals surface area contributed by atoms with Crippen LogP contribution in [0.5, 0.6) is 0 Å². The monoisotopic (exact) mass is 308 g/mol. The zero-order chi connectivity index (χ0) is 14.8. The molecule has 1 aliphatic carbocycles. The number of nitrogen functional groups attached to an aromatic ring is 1. The molecular weight excluding hydrogens is 295 g/mol. The van der Waals surface area contributed by atoms with Crippen LogP contribution in [-0.2, 0) is 4.79 Å². The molecule has 1 aliphatic rings. The highest BCUT2D eigenvalue weighted by Gasteiger charge is 2.29. The Kier molecular flexibility index (Phi) is 3.78. The molecule has 8 heteroatoms. The van der Waals surface area contributed by atoms with Crippen molar-refractivity contribution in [1.29, 1.82) is 0 Å². The van der Waals surface area contributed by atoms with Crippen LogP contribution in [-0.4, -0.2) is 21.9 Å². The molecular formula is C13H13FN4O2S. The topological polar surface area (TPSA) is 94.0 Å². The van der Waals surface area contributed by atoms with Crippen LogP contribution in [0.15, 0.2) is 27.5 Å². The van der Waals surface area contributed by atoms with Crippen molar-refractivity contribution in [2.24, 2.45) is 0 Å². The fourth-order valence-corrected chi connectivity index (χ4v) is 2.48. The van der Waals surface area contributed by atoms with Crippen molar-refractivity contribution in [3.63, 3.8) is 0 Å². The summed E-state index contributed by atoms with van der Waals surface area (Å²) in [5.41, 5.74) is 5.98. The lowest BCUT2D eigenvalue weighted by Crippen LogP contribution is -2.14. The Morgan fingerprint density at radius 1 is 1.48 bits per heavy atom. The number of hydrogen-bond acceptors (Lipinski definition) is 6. The molecule has 0 radical (unpaired) electrons. The Morgan fingerprint density at radius 2 is 2.29 bits per heavy atom. The maximum Gasteiger partial charge on any atom is 0.322 e. The number of nitrogens with two attached hydrogens (primary N) is 1. The fourth-order valence-electron chi connectivity index (χ4n) is 1.73. The van der Waals surface area contributed by atoms with Gasteiger partial charge in [0.2, 0.25) is 11.8 Å². The first-order valence-corrected chi connectivity index (χ1v) is 7.41. The number of carbonyl (C=O) groups is 1. The van der Waals surface area contributed by atoms with E-state index in [1.165, 1.54) is 23.9 Å². The summed E-state index contributed by atoms with van der Waals surface area (Å²) in [7, 11) is 0. The SMILES string of the molecule is Nc1cc(F)ccc1SCC(=O)Nc1nnc(C2CC2)o1. The van der Waals surface area contributed by atoms with Gasteiger partial charge in [0.1, 0.15) is 5.82 Å². The number of amides is 1. The Morgan fingerprint density at radius 3 is 3.00 bits per heavy atom. The Bertz CT molecular complexity index is 672. The third-order valence-corrected chi connectivity index (χ3v) is 4.03. The van der Waals surface area contributed by atoms with Crippen LogP contribution in [0.2, 0.25) is 0 Å². The zero-order valence-electron chi connectivity index (χ0n) is 11.0. The van der Waals surface area contributed by atoms with Crippen molar-refractivity contribution < 1.29 is 13.6 Å². The summed E-state index contributed by atoms with van der Waals surface area (Å²) in [6.07, 6.45) is 2.10. The van der Waals surface area contributed by atoms with Gasteiger partial charge in [0.25, 0.3) is 0 Å². The molecule has 0 spiro atoms. The van der Waals surface area contributed by atoms with E-state index in [0.29, 0.717) is 22.4 Å². The molecule has 0 unspecified atom stereocenters. The molecule has 1 saturated carbocycles. The van der Waals surface area contributed by atoms with E-state index >= 15 is 0 Å². The van der Waals surface area contributed by atoms with Crippen molar-refractivity contribution in [1.82, 2.24) is 10.2 Å². The first-order valence-electron chi connectivity index (χ1n) is 6.43. The van der Waals surface area contributed by atoms with Gasteiger partial charge in [-0.15, -0.1) is 16.9 Å². The Balaban J connectivity index is 1.53. The van der Waals surface area contributed by atoms with Crippen molar-refractivity contribution in [3.8, 4) is 0 Å². The summed E-state index contributed by atoms with van der Waals surface area (Å²) in [4.78, 5) is 12.4. The van der Waals surface area contributed by atoms with Gasteiger partial charge in [-0.1, -0.05) is 5.10 Å². The number of halogens is 1. The number of aromatic nitrogens is 2. The van der Waals surface area contributed by atoms with E-state index in [9.17, 15) is 9.18 Å². The molecule has 6 nitrogen and oxygen atoms in total. The number of anilines is 2. The number of nitrogens with one attached hydrogen (secondary N) is 1. The van der Waals surface area contributed by atoms with Crippen LogP contribution in [0, 0.1) is 5.82 Å². The molecule has 2 aromatic rings. The molecule has 21 heavy (non-hydrogen) atoms. The number of nitrogens with zero attached hydrogens (tertiary/aromatic N) is 2. The minimum atomic E-state index is -0.403. The number of carbonyl (C=O) groups excluding carboxylic acids is 1. The maximum absolute atomic E-state index is 12.9. The summed E-state index contributed by atoms with van der Waals surface area (Å²) in [6.45, 7) is 0. The highest BCUT2D eigenvalue weighted by atomic mass is 32.2. The lowest BCUT2D eigenvalue weighted by molar-refractivity contribution is -0.113. The third-order valence-electron chi connectivity index (χ3n) is 2.94. The second-order valence-electron chi connectivity index (χ2n) is 4.74. The number of hydrogen-bond donors (Lipinski definition) is 2. The van der Waals surface area contributed by atoms with E-state index in [0.717, 1.165) is 12.8 Å². The molecule has 0 aliphatic heterocycles. The zero-order valence-corrected chi connectivity index (χ0v) is 11.8. The van der Waals surface area contributed by atoms with E-state index < -0.39 is 5.82 Å². The van der Waals surface area contributed by atoms with Gasteiger partial charge >= 0.3 is 6.01 Å². The van der Waals surface area contributed by atoms with E-state index in [1.807, 2.05) is 0 Å². The van der Waals surface area contributed by atoms with Gasteiger partial charge in [-0.05, 0) is 31.0 Å². The first kappa shape index (κ1) is 13.9. The van der Waals surface area contributed by atoms with Crippen LogP contribution in [0.3, 0.4) is 0 Å². The predicted octanol–water partition coefficient (Wildman–Crippen LogP) is 2.40. The van der Waals surface area contributed by atoms with E-state index in [1.54, 1.807) is 6.07 Å². The van der Waals surface area contributed by atoms with E-state index in [2.05, 4.69) is 15.5 Å². The third kappa shape index (κ3) is 3.52. The molecule has 3 N–H and O–H groups in total. The Hall–Kier alpha value is -2.09. The highest BCUT2D eigenvalue weighted by molar-refractivity contribution is 8.00. The van der Waals surface area contributed by atoms with Gasteiger partial charge in [-0.3, -0.25) is 10.1 Å². The quantitative estimate of drug-likeness (QED) is 0.650. The maximum atomic E-state index is 12.9. The van der Waals surface area contributed by atoms with Crippen molar-refractivity contribution in [3.05, 3.63) is 29.9 Å². The summed E-state index contributed by atoms with van der Waals surface area (Å²) in [6, 6.07) is 4.17. The number of thioether (sulfide) groups is 1. The van der Waals surface area contributed by atoms with Crippen LogP contribution >= 0.6 is 11.8 Å². The smallest absolute Gasteiger partial charge is 0.322 e. The molecule has 1 fully saturated rings. The van der Waals surface area contributed by atoms with Crippen LogP contribution in [0.4, 0.5) is 16.1 Å². The first-order chi connectivity index (χ1) is 10.1. The van der Waals surface area contributed by atoms with Crippen LogP contribution < -0.4 is 11.1 Å². The van der Waals surface area contributed by atoms with Crippen molar-refractivity contribution in [2.45, 2.75) is 23.7 Å². The number of benzene rings is 1. The molecule has 1 aromatic carbocycles. The van der Waals surface area contributed by atoms with E-state index in [-0.39, 0.29) is 17.7 Å². The van der Waals surface area contributed by atoms with E-state index in [4.69, 9.17) is 10.2 Å². The lowest BCUT2D eigenvalue weighted by Gasteiger charge is -2.04. The van der Waals surface area contributed by atoms with Crippen molar-refractivity contribution >= 4 is 29.4 Å². The molecule has 1 amide bonds. The van der Waals surface area contributed by atoms with Gasteiger partial charge < -0.3 is 10.2 Å². The molecule has 1 aromatic heterocycles. The molecule has 1 heterocycles. The summed E-state index contributed by atoms with van der Waals surface area (Å²) >= 11 is 1.21. The molecule has 0 bridgehead atoms. The van der Waals surface area contributed by atoms with Crippen LogP contribution in [0.25, 0.3) is 0 Å². The average molecular weight is 308 g/mol. The summed E-state index contributed by atoms with van der Waals surface area (Å²) in [5, 5.41) is 10.2. The van der Waals surface area contributed by atoms with Gasteiger partial charge in [0.05, 0.1) is 5.75 Å². The van der Waals surface area contributed by atoms with Gasteiger partial charge in [-0.2, -0.15) is 0 Å². The average Bonchev–Trinajstić information content (AvgIpc) is 3.19. The number of rotatable bonds is 5. The largest absolute Gasteiger partial charge is 0.408 e. The lowest BCUT2D eigenvalue weighted by atomic mass is 10.3. The summed E-state index contributed by atoms with van der Waals surface area (Å²) in [5.74, 6) is 0.350.